The van der Waals surface area contributed by atoms with Crippen LogP contribution in [0, 0.1) is 11.3 Å². The van der Waals surface area contributed by atoms with Gasteiger partial charge in [-0.25, -0.2) is 0 Å². The first-order valence-electron chi connectivity index (χ1n) is 7.26. The van der Waals surface area contributed by atoms with Gasteiger partial charge < -0.3 is 15.8 Å². The second kappa shape index (κ2) is 6.78. The molecule has 0 spiro atoms. The molecule has 3 N–H and O–H groups in total. The maximum atomic E-state index is 12.6. The third-order valence-corrected chi connectivity index (χ3v) is 4.45. The van der Waals surface area contributed by atoms with Crippen LogP contribution in [-0.4, -0.2) is 34.9 Å². The quantitative estimate of drug-likeness (QED) is 0.347. The van der Waals surface area contributed by atoms with E-state index in [1.165, 1.54) is 12.8 Å². The van der Waals surface area contributed by atoms with Crippen LogP contribution in [0.3, 0.4) is 0 Å². The van der Waals surface area contributed by atoms with Gasteiger partial charge in [0, 0.05) is 13.1 Å². The lowest BCUT2D eigenvalue weighted by atomic mass is 9.83. The van der Waals surface area contributed by atoms with Crippen LogP contribution in [0.25, 0.3) is 0 Å². The summed E-state index contributed by atoms with van der Waals surface area (Å²) in [4.78, 5) is 14.4. The van der Waals surface area contributed by atoms with Crippen molar-refractivity contribution >= 4 is 11.7 Å². The molecular weight excluding hydrogens is 242 g/mol. The lowest BCUT2D eigenvalue weighted by Crippen LogP contribution is -2.51. The van der Waals surface area contributed by atoms with Gasteiger partial charge in [0.15, 0.2) is 5.84 Å². The van der Waals surface area contributed by atoms with E-state index in [2.05, 4.69) is 12.1 Å². The number of hydrogen-bond acceptors (Lipinski definition) is 3. The third-order valence-electron chi connectivity index (χ3n) is 4.45. The van der Waals surface area contributed by atoms with Gasteiger partial charge >= 0.3 is 0 Å². The Bertz CT molecular complexity index is 336. The molecule has 1 rings (SSSR count). The summed E-state index contributed by atoms with van der Waals surface area (Å²) in [5.74, 6) is 0.738. The maximum absolute atomic E-state index is 12.6. The smallest absolute Gasteiger partial charge is 0.236 e. The minimum Gasteiger partial charge on any atom is -0.409 e. The molecule has 5 nitrogen and oxygen atoms in total. The molecule has 1 heterocycles. The highest BCUT2D eigenvalue weighted by Crippen LogP contribution is 2.28. The van der Waals surface area contributed by atoms with Crippen LogP contribution in [0.4, 0.5) is 0 Å². The number of piperidine rings is 1. The molecule has 1 amide bonds. The van der Waals surface area contributed by atoms with Crippen LogP contribution in [0.2, 0.25) is 0 Å². The summed E-state index contributed by atoms with van der Waals surface area (Å²) >= 11 is 0. The minimum absolute atomic E-state index is 0.00989. The fourth-order valence-electron chi connectivity index (χ4n) is 2.73. The summed E-state index contributed by atoms with van der Waals surface area (Å²) in [5, 5.41) is 11.9. The summed E-state index contributed by atoms with van der Waals surface area (Å²) in [6, 6.07) is 0. The van der Waals surface area contributed by atoms with Crippen molar-refractivity contribution in [2.75, 3.05) is 13.1 Å². The van der Waals surface area contributed by atoms with E-state index in [4.69, 9.17) is 10.9 Å². The van der Waals surface area contributed by atoms with Crippen LogP contribution in [0.15, 0.2) is 5.16 Å². The Morgan fingerprint density at radius 1 is 1.42 bits per heavy atom. The molecule has 1 unspecified atom stereocenters. The number of likely N-dealkylation sites (tertiary alicyclic amines) is 1. The van der Waals surface area contributed by atoms with Crippen molar-refractivity contribution in [1.29, 1.82) is 0 Å². The predicted molar refractivity (Wildman–Crippen MR) is 76.0 cm³/mol. The average Bonchev–Trinajstić information content (AvgIpc) is 2.46. The van der Waals surface area contributed by atoms with E-state index >= 15 is 0 Å². The number of carbonyl (C=O) groups excluding carboxylic acids is 1. The number of amidine groups is 1. The monoisotopic (exact) mass is 269 g/mol. The Hall–Kier alpha value is -1.26. The Morgan fingerprint density at radius 2 is 2.00 bits per heavy atom. The molecule has 1 fully saturated rings. The van der Waals surface area contributed by atoms with E-state index < -0.39 is 5.41 Å². The second-order valence-corrected chi connectivity index (χ2v) is 5.70. The molecular formula is C14H27N3O2. The highest BCUT2D eigenvalue weighted by atomic mass is 16.4. The van der Waals surface area contributed by atoms with Crippen molar-refractivity contribution in [3.8, 4) is 0 Å². The number of nitrogens with zero attached hydrogens (tertiary/aromatic N) is 2. The highest BCUT2D eigenvalue weighted by molar-refractivity contribution is 6.06. The molecule has 0 aromatic carbocycles. The van der Waals surface area contributed by atoms with Gasteiger partial charge in [-0.15, -0.1) is 0 Å². The molecule has 110 valence electrons. The van der Waals surface area contributed by atoms with Crippen molar-refractivity contribution < 1.29 is 10.0 Å². The average molecular weight is 269 g/mol. The first-order chi connectivity index (χ1) is 8.99. The number of carbonyl (C=O) groups is 1. The number of nitrogens with two attached hydrogens (primary N) is 1. The first-order valence-corrected chi connectivity index (χ1v) is 7.26. The lowest BCUT2D eigenvalue weighted by Gasteiger charge is -2.37. The van der Waals surface area contributed by atoms with Gasteiger partial charge in [0.05, 0.1) is 0 Å². The van der Waals surface area contributed by atoms with Crippen molar-refractivity contribution in [1.82, 2.24) is 4.90 Å². The molecule has 0 bridgehead atoms. The standard InChI is InChI=1S/C14H27N3O2/c1-4-6-11-7-9-17(10-8-11)13(18)14(3,5-2)12(15)16-19/h11,19H,4-10H2,1-3H3,(H2,15,16). The zero-order chi connectivity index (χ0) is 14.5. The molecule has 1 saturated heterocycles. The van der Waals surface area contributed by atoms with E-state index in [0.29, 0.717) is 6.42 Å². The summed E-state index contributed by atoms with van der Waals surface area (Å²) in [7, 11) is 0. The molecule has 19 heavy (non-hydrogen) atoms. The van der Waals surface area contributed by atoms with Crippen LogP contribution in [-0.2, 0) is 4.79 Å². The summed E-state index contributed by atoms with van der Waals surface area (Å²) in [6.45, 7) is 7.42. The van der Waals surface area contributed by atoms with Crippen LogP contribution in [0.1, 0.15) is 52.9 Å². The Morgan fingerprint density at radius 3 is 2.42 bits per heavy atom. The topological polar surface area (TPSA) is 78.9 Å². The molecule has 0 radical (unpaired) electrons. The highest BCUT2D eigenvalue weighted by Gasteiger charge is 2.40. The summed E-state index contributed by atoms with van der Waals surface area (Å²) < 4.78 is 0. The second-order valence-electron chi connectivity index (χ2n) is 5.70. The first kappa shape index (κ1) is 15.8. The Kier molecular flexibility index (Phi) is 5.63. The fourth-order valence-corrected chi connectivity index (χ4v) is 2.73. The van der Waals surface area contributed by atoms with Crippen molar-refractivity contribution in [2.24, 2.45) is 22.2 Å². The van der Waals surface area contributed by atoms with Crippen LogP contribution >= 0.6 is 0 Å². The lowest BCUT2D eigenvalue weighted by molar-refractivity contribution is -0.139. The molecule has 1 aliphatic heterocycles. The molecule has 0 aromatic rings. The van der Waals surface area contributed by atoms with Gasteiger partial charge in [0.2, 0.25) is 5.91 Å². The summed E-state index contributed by atoms with van der Waals surface area (Å²) in [6.07, 6.45) is 5.12. The third kappa shape index (κ3) is 3.39. The van der Waals surface area contributed by atoms with Gasteiger partial charge in [0.1, 0.15) is 5.41 Å². The van der Waals surface area contributed by atoms with Crippen LogP contribution < -0.4 is 5.73 Å². The normalized spacial score (nSPS) is 21.2. The van der Waals surface area contributed by atoms with E-state index in [-0.39, 0.29) is 11.7 Å². The van der Waals surface area contributed by atoms with E-state index in [1.807, 2.05) is 11.8 Å². The zero-order valence-corrected chi connectivity index (χ0v) is 12.4. The van der Waals surface area contributed by atoms with E-state index in [1.54, 1.807) is 6.92 Å². The van der Waals surface area contributed by atoms with Crippen molar-refractivity contribution in [3.05, 3.63) is 0 Å². The van der Waals surface area contributed by atoms with Gasteiger partial charge in [-0.1, -0.05) is 31.8 Å². The fraction of sp³-hybridized carbons (Fsp3) is 0.857. The zero-order valence-electron chi connectivity index (χ0n) is 12.4. The van der Waals surface area contributed by atoms with Gasteiger partial charge in [-0.05, 0) is 32.1 Å². The minimum atomic E-state index is -0.883. The van der Waals surface area contributed by atoms with E-state index in [0.717, 1.165) is 31.8 Å². The largest absolute Gasteiger partial charge is 0.409 e. The SMILES string of the molecule is CCCC1CCN(C(=O)C(C)(CC)C(N)=NO)CC1. The van der Waals surface area contributed by atoms with Crippen LogP contribution in [0.5, 0.6) is 0 Å². The Labute approximate surface area is 115 Å². The van der Waals surface area contributed by atoms with Crippen molar-refractivity contribution in [3.63, 3.8) is 0 Å². The number of amides is 1. The Balaban J connectivity index is 2.68. The van der Waals surface area contributed by atoms with Gasteiger partial charge in [-0.3, -0.25) is 4.79 Å². The summed E-state index contributed by atoms with van der Waals surface area (Å²) in [5.41, 5.74) is 4.81. The van der Waals surface area contributed by atoms with Gasteiger partial charge in [-0.2, -0.15) is 0 Å². The van der Waals surface area contributed by atoms with Crippen molar-refractivity contribution in [2.45, 2.75) is 52.9 Å². The molecule has 1 atom stereocenters. The molecule has 0 saturated carbocycles. The molecule has 0 aromatic heterocycles. The molecule has 0 aliphatic carbocycles. The molecule has 5 heteroatoms. The van der Waals surface area contributed by atoms with E-state index in [9.17, 15) is 4.79 Å². The maximum Gasteiger partial charge on any atom is 0.236 e. The number of hydrogen-bond donors (Lipinski definition) is 2. The predicted octanol–water partition coefficient (Wildman–Crippen LogP) is 2.19. The molecule has 1 aliphatic rings. The van der Waals surface area contributed by atoms with Gasteiger partial charge in [0.25, 0.3) is 0 Å². The number of rotatable bonds is 5. The number of oxime groups is 1.